The number of halogens is 1. The van der Waals surface area contributed by atoms with Crippen molar-refractivity contribution >= 4 is 11.6 Å². The van der Waals surface area contributed by atoms with Crippen LogP contribution in [0, 0.1) is 5.82 Å². The first kappa shape index (κ1) is 13.1. The van der Waals surface area contributed by atoms with Gasteiger partial charge in [-0.2, -0.15) is 0 Å². The molecule has 0 aliphatic heterocycles. The maximum atomic E-state index is 12.8. The SMILES string of the molecule is CN(CC(=O)NCc1ccco1)c1ccc(F)cc1. The molecule has 0 saturated carbocycles. The minimum Gasteiger partial charge on any atom is -0.467 e. The van der Waals surface area contributed by atoms with Gasteiger partial charge in [0.25, 0.3) is 0 Å². The number of carbonyl (C=O) groups excluding carboxylic acids is 1. The lowest BCUT2D eigenvalue weighted by atomic mass is 10.3. The van der Waals surface area contributed by atoms with Crippen molar-refractivity contribution < 1.29 is 13.6 Å². The average molecular weight is 262 g/mol. The number of furan rings is 1. The highest BCUT2D eigenvalue weighted by Gasteiger charge is 2.07. The van der Waals surface area contributed by atoms with Gasteiger partial charge in [0.05, 0.1) is 19.4 Å². The van der Waals surface area contributed by atoms with Crippen LogP contribution in [0.25, 0.3) is 0 Å². The molecule has 1 aromatic carbocycles. The van der Waals surface area contributed by atoms with Crippen molar-refractivity contribution in [3.63, 3.8) is 0 Å². The van der Waals surface area contributed by atoms with Crippen LogP contribution >= 0.6 is 0 Å². The van der Waals surface area contributed by atoms with E-state index in [2.05, 4.69) is 5.32 Å². The van der Waals surface area contributed by atoms with E-state index in [-0.39, 0.29) is 18.3 Å². The lowest BCUT2D eigenvalue weighted by Gasteiger charge is -2.18. The van der Waals surface area contributed by atoms with Crippen molar-refractivity contribution in [2.24, 2.45) is 0 Å². The summed E-state index contributed by atoms with van der Waals surface area (Å²) in [6, 6.07) is 9.57. The van der Waals surface area contributed by atoms with Gasteiger partial charge in [-0.3, -0.25) is 4.79 Å². The molecule has 19 heavy (non-hydrogen) atoms. The van der Waals surface area contributed by atoms with Crippen LogP contribution in [0.1, 0.15) is 5.76 Å². The van der Waals surface area contributed by atoms with Gasteiger partial charge >= 0.3 is 0 Å². The molecule has 4 nitrogen and oxygen atoms in total. The fraction of sp³-hybridized carbons (Fsp3) is 0.214. The van der Waals surface area contributed by atoms with E-state index in [0.717, 1.165) is 5.69 Å². The lowest BCUT2D eigenvalue weighted by molar-refractivity contribution is -0.119. The van der Waals surface area contributed by atoms with Crippen LogP contribution in [0.5, 0.6) is 0 Å². The minimum atomic E-state index is -0.292. The van der Waals surface area contributed by atoms with Gasteiger partial charge in [0.15, 0.2) is 0 Å². The van der Waals surface area contributed by atoms with Crippen LogP contribution in [-0.2, 0) is 11.3 Å². The van der Waals surface area contributed by atoms with Gasteiger partial charge in [0.1, 0.15) is 11.6 Å². The summed E-state index contributed by atoms with van der Waals surface area (Å²) in [6.07, 6.45) is 1.56. The van der Waals surface area contributed by atoms with Gasteiger partial charge in [-0.15, -0.1) is 0 Å². The summed E-state index contributed by atoms with van der Waals surface area (Å²) >= 11 is 0. The minimum absolute atomic E-state index is 0.122. The first-order valence-corrected chi connectivity index (χ1v) is 5.91. The van der Waals surface area contributed by atoms with Crippen LogP contribution < -0.4 is 10.2 Å². The molecule has 0 saturated heterocycles. The van der Waals surface area contributed by atoms with Crippen molar-refractivity contribution in [3.8, 4) is 0 Å². The zero-order chi connectivity index (χ0) is 13.7. The number of hydrogen-bond donors (Lipinski definition) is 1. The average Bonchev–Trinajstić information content (AvgIpc) is 2.90. The van der Waals surface area contributed by atoms with Crippen molar-refractivity contribution in [1.29, 1.82) is 0 Å². The smallest absolute Gasteiger partial charge is 0.239 e. The van der Waals surface area contributed by atoms with Gasteiger partial charge in [-0.25, -0.2) is 4.39 Å². The number of benzene rings is 1. The van der Waals surface area contributed by atoms with Gasteiger partial charge in [-0.1, -0.05) is 0 Å². The van der Waals surface area contributed by atoms with Gasteiger partial charge in [0, 0.05) is 12.7 Å². The molecule has 0 spiro atoms. The first-order valence-electron chi connectivity index (χ1n) is 5.91. The summed E-state index contributed by atoms with van der Waals surface area (Å²) in [5.74, 6) is 0.292. The number of rotatable bonds is 5. The Morgan fingerprint density at radius 3 is 2.68 bits per heavy atom. The largest absolute Gasteiger partial charge is 0.467 e. The molecule has 0 aliphatic carbocycles. The maximum absolute atomic E-state index is 12.8. The summed E-state index contributed by atoms with van der Waals surface area (Å²) in [5, 5.41) is 2.75. The molecule has 100 valence electrons. The highest BCUT2D eigenvalue weighted by Crippen LogP contribution is 2.12. The molecule has 0 bridgehead atoms. The number of hydrogen-bond acceptors (Lipinski definition) is 3. The van der Waals surface area contributed by atoms with E-state index in [4.69, 9.17) is 4.42 Å². The zero-order valence-corrected chi connectivity index (χ0v) is 10.6. The number of amides is 1. The Kier molecular flexibility index (Phi) is 4.18. The second kappa shape index (κ2) is 6.04. The zero-order valence-electron chi connectivity index (χ0n) is 10.6. The normalized spacial score (nSPS) is 10.2. The standard InChI is InChI=1S/C14H15FN2O2/c1-17(12-6-4-11(15)5-7-12)10-14(18)16-9-13-3-2-8-19-13/h2-8H,9-10H2,1H3,(H,16,18). The van der Waals surface area contributed by atoms with Gasteiger partial charge in [0.2, 0.25) is 5.91 Å². The monoisotopic (exact) mass is 262 g/mol. The molecule has 1 aromatic heterocycles. The van der Waals surface area contributed by atoms with Crippen molar-refractivity contribution in [2.75, 3.05) is 18.5 Å². The van der Waals surface area contributed by atoms with Crippen molar-refractivity contribution in [2.45, 2.75) is 6.54 Å². The summed E-state index contributed by atoms with van der Waals surface area (Å²) in [4.78, 5) is 13.5. The topological polar surface area (TPSA) is 45.5 Å². The molecule has 1 N–H and O–H groups in total. The van der Waals surface area contributed by atoms with Crippen LogP contribution in [0.4, 0.5) is 10.1 Å². The van der Waals surface area contributed by atoms with E-state index in [9.17, 15) is 9.18 Å². The molecule has 0 atom stereocenters. The predicted octanol–water partition coefficient (Wildman–Crippen LogP) is 2.17. The Morgan fingerprint density at radius 2 is 2.05 bits per heavy atom. The van der Waals surface area contributed by atoms with Crippen LogP contribution in [0.3, 0.4) is 0 Å². The van der Waals surface area contributed by atoms with Crippen LogP contribution in [0.15, 0.2) is 47.1 Å². The fourth-order valence-corrected chi connectivity index (χ4v) is 1.66. The van der Waals surface area contributed by atoms with Crippen LogP contribution in [0.2, 0.25) is 0 Å². The molecule has 0 fully saturated rings. The fourth-order valence-electron chi connectivity index (χ4n) is 1.66. The molecule has 1 amide bonds. The number of nitrogens with one attached hydrogen (secondary N) is 1. The number of likely N-dealkylation sites (N-methyl/N-ethyl adjacent to an activating group) is 1. The molecule has 0 radical (unpaired) electrons. The Morgan fingerprint density at radius 1 is 1.32 bits per heavy atom. The number of carbonyl (C=O) groups is 1. The first-order chi connectivity index (χ1) is 9.15. The maximum Gasteiger partial charge on any atom is 0.239 e. The highest BCUT2D eigenvalue weighted by atomic mass is 19.1. The Balaban J connectivity index is 1.83. The van der Waals surface area contributed by atoms with Crippen LogP contribution in [-0.4, -0.2) is 19.5 Å². The molecule has 2 rings (SSSR count). The van der Waals surface area contributed by atoms with E-state index >= 15 is 0 Å². The highest BCUT2D eigenvalue weighted by molar-refractivity contribution is 5.81. The molecule has 0 aliphatic rings. The molecular weight excluding hydrogens is 247 g/mol. The molecular formula is C14H15FN2O2. The Bertz CT molecular complexity index is 523. The third-order valence-electron chi connectivity index (χ3n) is 2.69. The van der Waals surface area contributed by atoms with Gasteiger partial charge < -0.3 is 14.6 Å². The van der Waals surface area contributed by atoms with Gasteiger partial charge in [-0.05, 0) is 36.4 Å². The summed E-state index contributed by atoms with van der Waals surface area (Å²) < 4.78 is 17.9. The lowest BCUT2D eigenvalue weighted by Crippen LogP contribution is -2.34. The quantitative estimate of drug-likeness (QED) is 0.898. The summed E-state index contributed by atoms with van der Waals surface area (Å²) in [5.41, 5.74) is 0.787. The molecule has 5 heteroatoms. The van der Waals surface area contributed by atoms with E-state index in [0.29, 0.717) is 12.3 Å². The Labute approximate surface area is 110 Å². The third kappa shape index (κ3) is 3.84. The van der Waals surface area contributed by atoms with E-state index in [1.807, 2.05) is 0 Å². The summed E-state index contributed by atoms with van der Waals surface area (Å²) in [6.45, 7) is 0.565. The predicted molar refractivity (Wildman–Crippen MR) is 70.2 cm³/mol. The van der Waals surface area contributed by atoms with E-state index in [1.165, 1.54) is 12.1 Å². The molecule has 1 heterocycles. The van der Waals surface area contributed by atoms with Crippen molar-refractivity contribution in [3.05, 3.63) is 54.2 Å². The summed E-state index contributed by atoms with van der Waals surface area (Å²) in [7, 11) is 1.78. The second-order valence-corrected chi connectivity index (χ2v) is 4.19. The van der Waals surface area contributed by atoms with E-state index in [1.54, 1.807) is 42.5 Å². The van der Waals surface area contributed by atoms with Crippen molar-refractivity contribution in [1.82, 2.24) is 5.32 Å². The third-order valence-corrected chi connectivity index (χ3v) is 2.69. The number of nitrogens with zero attached hydrogens (tertiary/aromatic N) is 1. The second-order valence-electron chi connectivity index (χ2n) is 4.19. The number of anilines is 1. The molecule has 2 aromatic rings. The Hall–Kier alpha value is -2.30. The van der Waals surface area contributed by atoms with E-state index < -0.39 is 0 Å². The molecule has 0 unspecified atom stereocenters.